The van der Waals surface area contributed by atoms with Crippen molar-refractivity contribution in [1.29, 1.82) is 0 Å². The number of rotatable bonds is 5. The fourth-order valence-electron chi connectivity index (χ4n) is 3.06. The molecule has 0 saturated heterocycles. The minimum Gasteiger partial charge on any atom is -0.390 e. The van der Waals surface area contributed by atoms with Crippen LogP contribution in [-0.2, 0) is 19.5 Å². The van der Waals surface area contributed by atoms with Crippen molar-refractivity contribution in [1.82, 2.24) is 9.47 Å². The third-order valence-corrected chi connectivity index (χ3v) is 4.26. The molecule has 1 N–H and O–H groups in total. The molecule has 1 aromatic heterocycles. The monoisotopic (exact) mass is 329 g/mol. The highest BCUT2D eigenvalue weighted by molar-refractivity contribution is 5.29. The van der Waals surface area contributed by atoms with Gasteiger partial charge >= 0.3 is 0 Å². The molecule has 7 nitrogen and oxygen atoms in total. The maximum absolute atomic E-state index is 11.8. The third kappa shape index (κ3) is 3.69. The Bertz CT molecular complexity index is 802. The SMILES string of the molecule is O=c1ccc([N+](=O)[O-])cn1CC(O)CN1CCc2ccccc2C1. The van der Waals surface area contributed by atoms with E-state index in [1.165, 1.54) is 28.0 Å². The van der Waals surface area contributed by atoms with Crippen LogP contribution >= 0.6 is 0 Å². The van der Waals surface area contributed by atoms with E-state index in [0.29, 0.717) is 6.54 Å². The van der Waals surface area contributed by atoms with Crippen molar-refractivity contribution in [2.75, 3.05) is 13.1 Å². The number of β-amino-alcohol motifs (C(OH)–C–C–N with tert-alkyl or cyclic N) is 1. The van der Waals surface area contributed by atoms with Crippen molar-refractivity contribution in [2.45, 2.75) is 25.6 Å². The zero-order chi connectivity index (χ0) is 17.1. The molecule has 0 radical (unpaired) electrons. The summed E-state index contributed by atoms with van der Waals surface area (Å²) in [5.74, 6) is 0. The molecule has 3 rings (SSSR count). The molecule has 1 aliphatic heterocycles. The molecule has 1 aliphatic rings. The Kier molecular flexibility index (Phi) is 4.73. The van der Waals surface area contributed by atoms with Gasteiger partial charge in [0.1, 0.15) is 0 Å². The van der Waals surface area contributed by atoms with Gasteiger partial charge in [0.15, 0.2) is 0 Å². The number of nitrogens with zero attached hydrogens (tertiary/aromatic N) is 3. The van der Waals surface area contributed by atoms with Crippen LogP contribution in [0.3, 0.4) is 0 Å². The molecule has 0 spiro atoms. The van der Waals surface area contributed by atoms with Gasteiger partial charge in [-0.2, -0.15) is 0 Å². The van der Waals surface area contributed by atoms with Crippen molar-refractivity contribution < 1.29 is 10.0 Å². The lowest BCUT2D eigenvalue weighted by Gasteiger charge is -2.30. The first-order valence-electron chi connectivity index (χ1n) is 7.85. The fraction of sp³-hybridized carbons (Fsp3) is 0.353. The van der Waals surface area contributed by atoms with E-state index in [2.05, 4.69) is 17.0 Å². The van der Waals surface area contributed by atoms with E-state index in [0.717, 1.165) is 25.6 Å². The maximum Gasteiger partial charge on any atom is 0.285 e. The Balaban J connectivity index is 1.64. The van der Waals surface area contributed by atoms with Gasteiger partial charge in [0, 0.05) is 31.8 Å². The summed E-state index contributed by atoms with van der Waals surface area (Å²) in [4.78, 5) is 24.2. The standard InChI is InChI=1S/C17H19N3O4/c21-16(12-19-10-15(20(23)24)5-6-17(19)22)11-18-8-7-13-3-1-2-4-14(13)9-18/h1-6,10,16,21H,7-9,11-12H2. The van der Waals surface area contributed by atoms with Crippen molar-refractivity contribution in [2.24, 2.45) is 0 Å². The van der Waals surface area contributed by atoms with Crippen LogP contribution < -0.4 is 5.56 Å². The fourth-order valence-corrected chi connectivity index (χ4v) is 3.06. The second kappa shape index (κ2) is 6.94. The first-order valence-corrected chi connectivity index (χ1v) is 7.85. The minimum absolute atomic E-state index is 0.0403. The number of fused-ring (bicyclic) bond motifs is 1. The van der Waals surface area contributed by atoms with Gasteiger partial charge in [-0.3, -0.25) is 19.8 Å². The van der Waals surface area contributed by atoms with Crippen LogP contribution in [0.4, 0.5) is 5.69 Å². The summed E-state index contributed by atoms with van der Waals surface area (Å²) in [5, 5.41) is 21.1. The van der Waals surface area contributed by atoms with E-state index in [-0.39, 0.29) is 17.8 Å². The molecule has 0 bridgehead atoms. The van der Waals surface area contributed by atoms with Gasteiger partial charge < -0.3 is 9.67 Å². The first-order chi connectivity index (χ1) is 11.5. The van der Waals surface area contributed by atoms with Gasteiger partial charge in [0.2, 0.25) is 0 Å². The van der Waals surface area contributed by atoms with Crippen LogP contribution in [0, 0.1) is 10.1 Å². The lowest BCUT2D eigenvalue weighted by atomic mass is 10.00. The molecule has 0 aliphatic carbocycles. The molecule has 1 aromatic carbocycles. The Morgan fingerprint density at radius 2 is 1.92 bits per heavy atom. The van der Waals surface area contributed by atoms with Crippen LogP contribution in [-0.4, -0.2) is 38.7 Å². The molecule has 2 heterocycles. The van der Waals surface area contributed by atoms with E-state index in [4.69, 9.17) is 0 Å². The summed E-state index contributed by atoms with van der Waals surface area (Å²) < 4.78 is 1.20. The van der Waals surface area contributed by atoms with Crippen LogP contribution in [0.15, 0.2) is 47.4 Å². The number of pyridine rings is 1. The van der Waals surface area contributed by atoms with Gasteiger partial charge in [-0.15, -0.1) is 0 Å². The van der Waals surface area contributed by atoms with E-state index < -0.39 is 11.0 Å². The summed E-state index contributed by atoms with van der Waals surface area (Å²) in [6.07, 6.45) is 1.34. The average molecular weight is 329 g/mol. The van der Waals surface area contributed by atoms with Crippen molar-refractivity contribution >= 4 is 5.69 Å². The zero-order valence-corrected chi connectivity index (χ0v) is 13.2. The molecule has 0 fully saturated rings. The molecule has 1 unspecified atom stereocenters. The van der Waals surface area contributed by atoms with Crippen molar-refractivity contribution in [3.05, 3.63) is 74.2 Å². The molecular weight excluding hydrogens is 310 g/mol. The second-order valence-corrected chi connectivity index (χ2v) is 6.04. The predicted molar refractivity (Wildman–Crippen MR) is 88.8 cm³/mol. The van der Waals surface area contributed by atoms with Crippen LogP contribution in [0.5, 0.6) is 0 Å². The number of benzene rings is 1. The number of aliphatic hydroxyl groups excluding tert-OH is 1. The molecule has 0 amide bonds. The minimum atomic E-state index is -0.769. The van der Waals surface area contributed by atoms with E-state index in [1.807, 2.05) is 12.1 Å². The van der Waals surface area contributed by atoms with Gasteiger partial charge in [0.25, 0.3) is 11.2 Å². The summed E-state index contributed by atoms with van der Waals surface area (Å²) >= 11 is 0. The molecular formula is C17H19N3O4. The molecule has 0 saturated carbocycles. The highest BCUT2D eigenvalue weighted by atomic mass is 16.6. The highest BCUT2D eigenvalue weighted by Crippen LogP contribution is 2.18. The van der Waals surface area contributed by atoms with E-state index in [1.54, 1.807) is 0 Å². The first kappa shape index (κ1) is 16.4. The summed E-state index contributed by atoms with van der Waals surface area (Å²) in [5.41, 5.74) is 2.07. The molecule has 126 valence electrons. The van der Waals surface area contributed by atoms with Crippen LogP contribution in [0.2, 0.25) is 0 Å². The molecule has 7 heteroatoms. The number of nitro groups is 1. The highest BCUT2D eigenvalue weighted by Gasteiger charge is 2.19. The third-order valence-electron chi connectivity index (χ3n) is 4.26. The van der Waals surface area contributed by atoms with Gasteiger partial charge in [0.05, 0.1) is 23.8 Å². The predicted octanol–water partition coefficient (Wildman–Crippen LogP) is 1.18. The Morgan fingerprint density at radius 1 is 1.17 bits per heavy atom. The van der Waals surface area contributed by atoms with E-state index >= 15 is 0 Å². The van der Waals surface area contributed by atoms with Gasteiger partial charge in [-0.05, 0) is 17.5 Å². The largest absolute Gasteiger partial charge is 0.390 e. The topological polar surface area (TPSA) is 88.6 Å². The lowest BCUT2D eigenvalue weighted by Crippen LogP contribution is -2.39. The maximum atomic E-state index is 11.8. The van der Waals surface area contributed by atoms with Gasteiger partial charge in [-0.25, -0.2) is 0 Å². The summed E-state index contributed by atoms with van der Waals surface area (Å²) in [6, 6.07) is 10.6. The summed E-state index contributed by atoms with van der Waals surface area (Å²) in [6.45, 7) is 2.07. The quantitative estimate of drug-likeness (QED) is 0.657. The number of aromatic nitrogens is 1. The lowest BCUT2D eigenvalue weighted by molar-refractivity contribution is -0.385. The zero-order valence-electron chi connectivity index (χ0n) is 13.2. The van der Waals surface area contributed by atoms with Gasteiger partial charge in [-0.1, -0.05) is 24.3 Å². The average Bonchev–Trinajstić information content (AvgIpc) is 2.56. The van der Waals surface area contributed by atoms with E-state index in [9.17, 15) is 20.0 Å². The Labute approximate surface area is 138 Å². The number of aliphatic hydroxyl groups is 1. The normalized spacial score (nSPS) is 15.7. The number of hydrogen-bond acceptors (Lipinski definition) is 5. The molecule has 2 aromatic rings. The van der Waals surface area contributed by atoms with Crippen LogP contribution in [0.1, 0.15) is 11.1 Å². The Morgan fingerprint density at radius 3 is 2.67 bits per heavy atom. The van der Waals surface area contributed by atoms with Crippen molar-refractivity contribution in [3.63, 3.8) is 0 Å². The van der Waals surface area contributed by atoms with Crippen molar-refractivity contribution in [3.8, 4) is 0 Å². The molecule has 1 atom stereocenters. The Hall–Kier alpha value is -2.51. The second-order valence-electron chi connectivity index (χ2n) is 6.04. The number of hydrogen-bond donors (Lipinski definition) is 1. The smallest absolute Gasteiger partial charge is 0.285 e. The van der Waals surface area contributed by atoms with Crippen LogP contribution in [0.25, 0.3) is 0 Å². The summed E-state index contributed by atoms with van der Waals surface area (Å²) in [7, 11) is 0. The molecule has 24 heavy (non-hydrogen) atoms.